The topological polar surface area (TPSA) is 12.9 Å². The molecule has 54 valence electrons. The molecule has 1 aromatic rings. The van der Waals surface area contributed by atoms with Crippen molar-refractivity contribution in [3.63, 3.8) is 0 Å². The van der Waals surface area contributed by atoms with Crippen molar-refractivity contribution in [2.24, 2.45) is 0 Å². The van der Waals surface area contributed by atoms with Crippen LogP contribution in [0.2, 0.25) is 0 Å². The summed E-state index contributed by atoms with van der Waals surface area (Å²) in [6.45, 7) is -1.34. The number of hydrogen-bond acceptors (Lipinski definition) is 1. The second kappa shape index (κ2) is 3.25. The van der Waals surface area contributed by atoms with Gasteiger partial charge in [0.2, 0.25) is 0 Å². The molecule has 1 rings (SSSR count). The number of aromatic nitrogens is 1. The zero-order valence-electron chi connectivity index (χ0n) is 5.35. The van der Waals surface area contributed by atoms with E-state index in [0.717, 1.165) is 0 Å². The average Bonchev–Trinajstić information content (AvgIpc) is 2.04. The van der Waals surface area contributed by atoms with Crippen LogP contribution in [0.4, 0.5) is 8.78 Å². The summed E-state index contributed by atoms with van der Waals surface area (Å²) in [6, 6.07) is 3.12. The van der Waals surface area contributed by atoms with Gasteiger partial charge >= 0.3 is 0 Å². The molecule has 0 aliphatic heterocycles. The Balaban J connectivity index is 2.96. The van der Waals surface area contributed by atoms with E-state index in [1.165, 1.54) is 12.3 Å². The number of alkyl halides is 2. The van der Waals surface area contributed by atoms with Crippen LogP contribution in [0, 0.1) is 0 Å². The van der Waals surface area contributed by atoms with Crippen molar-refractivity contribution in [1.82, 2.24) is 4.98 Å². The molecule has 0 aliphatic carbocycles. The predicted molar refractivity (Wildman–Crippen MR) is 33.9 cm³/mol. The molecule has 0 N–H and O–H groups in total. The molecule has 0 fully saturated rings. The quantitative estimate of drug-likeness (QED) is 0.617. The molecule has 1 aromatic heterocycles. The van der Waals surface area contributed by atoms with Gasteiger partial charge in [0.25, 0.3) is 0 Å². The SMILES string of the molecule is FCc1cccnc1CF. The first kappa shape index (κ1) is 7.12. The van der Waals surface area contributed by atoms with Crippen molar-refractivity contribution in [3.8, 4) is 0 Å². The Morgan fingerprint density at radius 2 is 2.10 bits per heavy atom. The van der Waals surface area contributed by atoms with Crippen LogP contribution in [0.5, 0.6) is 0 Å². The first-order valence-corrected chi connectivity index (χ1v) is 2.93. The maximum Gasteiger partial charge on any atom is 0.132 e. The maximum atomic E-state index is 12.0. The smallest absolute Gasteiger partial charge is 0.132 e. The third-order valence-corrected chi connectivity index (χ3v) is 1.26. The molecular formula is C7H7F2N. The third kappa shape index (κ3) is 1.29. The molecule has 0 unspecified atom stereocenters. The highest BCUT2D eigenvalue weighted by Gasteiger charge is 1.99. The summed E-state index contributed by atoms with van der Waals surface area (Å²) < 4.78 is 23.9. The number of nitrogens with zero attached hydrogens (tertiary/aromatic N) is 1. The third-order valence-electron chi connectivity index (χ3n) is 1.26. The highest BCUT2D eigenvalue weighted by atomic mass is 19.1. The summed E-state index contributed by atoms with van der Waals surface area (Å²) in [6.07, 6.45) is 1.45. The van der Waals surface area contributed by atoms with E-state index in [4.69, 9.17) is 0 Å². The minimum Gasteiger partial charge on any atom is -0.258 e. The Kier molecular flexibility index (Phi) is 2.31. The van der Waals surface area contributed by atoms with Gasteiger partial charge < -0.3 is 0 Å². The number of pyridine rings is 1. The van der Waals surface area contributed by atoms with Crippen molar-refractivity contribution in [2.45, 2.75) is 13.3 Å². The minimum atomic E-state index is -0.694. The Morgan fingerprint density at radius 1 is 1.30 bits per heavy atom. The lowest BCUT2D eigenvalue weighted by molar-refractivity contribution is 0.446. The van der Waals surface area contributed by atoms with Crippen molar-refractivity contribution < 1.29 is 8.78 Å². The Morgan fingerprint density at radius 3 is 2.60 bits per heavy atom. The second-order valence-electron chi connectivity index (χ2n) is 1.88. The van der Waals surface area contributed by atoms with Gasteiger partial charge in [0.05, 0.1) is 5.69 Å². The molecule has 10 heavy (non-hydrogen) atoms. The Hall–Kier alpha value is -0.990. The van der Waals surface area contributed by atoms with Gasteiger partial charge in [-0.3, -0.25) is 4.98 Å². The van der Waals surface area contributed by atoms with E-state index in [2.05, 4.69) is 4.98 Å². The molecule has 1 heterocycles. The first-order chi connectivity index (χ1) is 4.88. The summed E-state index contributed by atoms with van der Waals surface area (Å²) in [4.78, 5) is 3.65. The largest absolute Gasteiger partial charge is 0.258 e. The van der Waals surface area contributed by atoms with Crippen LogP contribution < -0.4 is 0 Å². The van der Waals surface area contributed by atoms with E-state index < -0.39 is 13.3 Å². The molecule has 0 atom stereocenters. The Labute approximate surface area is 57.7 Å². The lowest BCUT2D eigenvalue weighted by atomic mass is 10.2. The summed E-state index contributed by atoms with van der Waals surface area (Å²) >= 11 is 0. The van der Waals surface area contributed by atoms with E-state index in [-0.39, 0.29) is 5.69 Å². The van der Waals surface area contributed by atoms with Gasteiger partial charge in [-0.15, -0.1) is 0 Å². The molecule has 0 saturated carbocycles. The first-order valence-electron chi connectivity index (χ1n) is 2.93. The van der Waals surface area contributed by atoms with E-state index >= 15 is 0 Å². The van der Waals surface area contributed by atoms with E-state index in [9.17, 15) is 8.78 Å². The van der Waals surface area contributed by atoms with Gasteiger partial charge in [-0.1, -0.05) is 6.07 Å². The molecule has 0 aliphatic rings. The highest BCUT2D eigenvalue weighted by Crippen LogP contribution is 2.07. The maximum absolute atomic E-state index is 12.0. The van der Waals surface area contributed by atoms with Crippen molar-refractivity contribution >= 4 is 0 Å². The van der Waals surface area contributed by atoms with Gasteiger partial charge in [0.1, 0.15) is 13.3 Å². The molecule has 0 spiro atoms. The molecular weight excluding hydrogens is 136 g/mol. The standard InChI is InChI=1S/C7H7F2N/c8-4-6-2-1-3-10-7(6)5-9/h1-3H,4-5H2. The zero-order valence-corrected chi connectivity index (χ0v) is 5.35. The molecule has 3 heteroatoms. The summed E-state index contributed by atoms with van der Waals surface area (Å²) in [7, 11) is 0. The summed E-state index contributed by atoms with van der Waals surface area (Å²) in [5.41, 5.74) is 0.537. The Bertz CT molecular complexity index is 190. The van der Waals surface area contributed by atoms with E-state index in [1.807, 2.05) is 0 Å². The number of halogens is 2. The van der Waals surface area contributed by atoms with Crippen LogP contribution in [0.3, 0.4) is 0 Å². The lowest BCUT2D eigenvalue weighted by Crippen LogP contribution is -1.91. The lowest BCUT2D eigenvalue weighted by Gasteiger charge is -1.97. The van der Waals surface area contributed by atoms with Crippen LogP contribution in [0.1, 0.15) is 11.3 Å². The van der Waals surface area contributed by atoms with Crippen LogP contribution in [-0.2, 0) is 13.3 Å². The molecule has 0 radical (unpaired) electrons. The van der Waals surface area contributed by atoms with Crippen LogP contribution in [0.15, 0.2) is 18.3 Å². The molecule has 0 bridgehead atoms. The molecule has 1 nitrogen and oxygen atoms in total. The number of rotatable bonds is 2. The van der Waals surface area contributed by atoms with Crippen molar-refractivity contribution in [2.75, 3.05) is 0 Å². The van der Waals surface area contributed by atoms with Crippen molar-refractivity contribution in [3.05, 3.63) is 29.6 Å². The van der Waals surface area contributed by atoms with E-state index in [1.54, 1.807) is 6.07 Å². The fourth-order valence-corrected chi connectivity index (χ4v) is 0.713. The summed E-state index contributed by atoms with van der Waals surface area (Å²) in [5, 5.41) is 0. The van der Waals surface area contributed by atoms with Gasteiger partial charge in [0, 0.05) is 11.8 Å². The average molecular weight is 143 g/mol. The fraction of sp³-hybridized carbons (Fsp3) is 0.286. The van der Waals surface area contributed by atoms with Gasteiger partial charge in [0.15, 0.2) is 0 Å². The van der Waals surface area contributed by atoms with Gasteiger partial charge in [-0.2, -0.15) is 0 Å². The summed E-state index contributed by atoms with van der Waals surface area (Å²) in [5.74, 6) is 0. The van der Waals surface area contributed by atoms with Gasteiger partial charge in [-0.25, -0.2) is 8.78 Å². The minimum absolute atomic E-state index is 0.199. The highest BCUT2D eigenvalue weighted by molar-refractivity contribution is 5.17. The van der Waals surface area contributed by atoms with Crippen LogP contribution >= 0.6 is 0 Å². The van der Waals surface area contributed by atoms with Crippen LogP contribution in [0.25, 0.3) is 0 Å². The monoisotopic (exact) mass is 143 g/mol. The molecule has 0 amide bonds. The normalized spacial score (nSPS) is 9.80. The van der Waals surface area contributed by atoms with E-state index in [0.29, 0.717) is 5.56 Å². The predicted octanol–water partition coefficient (Wildman–Crippen LogP) is 2.02. The molecule has 0 saturated heterocycles. The fourth-order valence-electron chi connectivity index (χ4n) is 0.713. The molecule has 0 aromatic carbocycles. The zero-order chi connectivity index (χ0) is 7.40. The second-order valence-corrected chi connectivity index (χ2v) is 1.88. The van der Waals surface area contributed by atoms with Gasteiger partial charge in [-0.05, 0) is 6.07 Å². The number of hydrogen-bond donors (Lipinski definition) is 0. The van der Waals surface area contributed by atoms with Crippen LogP contribution in [-0.4, -0.2) is 4.98 Å². The van der Waals surface area contributed by atoms with Crippen molar-refractivity contribution in [1.29, 1.82) is 0 Å².